The summed E-state index contributed by atoms with van der Waals surface area (Å²) in [5.41, 5.74) is 0.503. The van der Waals surface area contributed by atoms with Gasteiger partial charge in [0.1, 0.15) is 11.6 Å². The topological polar surface area (TPSA) is 36.4 Å². The molecular weight excluding hydrogens is 387 g/mol. The maximum Gasteiger partial charge on any atom is 0.190 e. The molecule has 0 bridgehead atoms. The number of hydrogen-bond acceptors (Lipinski definition) is 1. The molecule has 6 heteroatoms. The molecule has 0 aliphatic rings. The second-order valence-electron chi connectivity index (χ2n) is 4.80. The highest BCUT2D eigenvalue weighted by Crippen LogP contribution is 2.18. The van der Waals surface area contributed by atoms with Crippen molar-refractivity contribution in [1.82, 2.24) is 10.6 Å². The molecule has 0 amide bonds. The number of aliphatic imine (C=N–C) groups is 1. The van der Waals surface area contributed by atoms with E-state index < -0.39 is 11.6 Å². The molecule has 120 valence electrons. The van der Waals surface area contributed by atoms with Gasteiger partial charge in [0.2, 0.25) is 0 Å². The molecule has 0 saturated carbocycles. The number of nitrogens with one attached hydrogen (secondary N) is 2. The van der Waals surface area contributed by atoms with Gasteiger partial charge in [-0.15, -0.1) is 24.0 Å². The molecule has 0 fully saturated rings. The minimum absolute atomic E-state index is 0. The molecule has 1 aromatic carbocycles. The van der Waals surface area contributed by atoms with E-state index in [0.29, 0.717) is 18.1 Å². The lowest BCUT2D eigenvalue weighted by Crippen LogP contribution is -2.39. The molecule has 0 aromatic heterocycles. The highest BCUT2D eigenvalue weighted by Gasteiger charge is 2.12. The lowest BCUT2D eigenvalue weighted by atomic mass is 10.0. The Labute approximate surface area is 142 Å². The Morgan fingerprint density at radius 3 is 2.57 bits per heavy atom. The SMILES string of the molecule is CCCCNC(=NC)NCC(C)c1ccc(F)cc1F.I. The highest BCUT2D eigenvalue weighted by atomic mass is 127. The Morgan fingerprint density at radius 1 is 1.29 bits per heavy atom. The molecular formula is C15H24F2IN3. The van der Waals surface area contributed by atoms with Crippen molar-refractivity contribution in [2.24, 2.45) is 4.99 Å². The van der Waals surface area contributed by atoms with E-state index in [-0.39, 0.29) is 29.9 Å². The van der Waals surface area contributed by atoms with Crippen molar-refractivity contribution in [3.8, 4) is 0 Å². The third-order valence-corrected chi connectivity index (χ3v) is 3.12. The molecule has 0 aliphatic carbocycles. The summed E-state index contributed by atoms with van der Waals surface area (Å²) < 4.78 is 26.5. The normalized spacial score (nSPS) is 12.5. The van der Waals surface area contributed by atoms with E-state index in [9.17, 15) is 8.78 Å². The largest absolute Gasteiger partial charge is 0.356 e. The fourth-order valence-corrected chi connectivity index (χ4v) is 1.87. The summed E-state index contributed by atoms with van der Waals surface area (Å²) in [5, 5.41) is 6.33. The van der Waals surface area contributed by atoms with Crippen molar-refractivity contribution in [3.63, 3.8) is 0 Å². The molecule has 0 heterocycles. The molecule has 1 aromatic rings. The van der Waals surface area contributed by atoms with Crippen LogP contribution >= 0.6 is 24.0 Å². The number of hydrogen-bond donors (Lipinski definition) is 2. The molecule has 0 aliphatic heterocycles. The van der Waals surface area contributed by atoms with Crippen LogP contribution in [0.3, 0.4) is 0 Å². The molecule has 2 N–H and O–H groups in total. The maximum absolute atomic E-state index is 13.6. The van der Waals surface area contributed by atoms with Gasteiger partial charge in [-0.2, -0.15) is 0 Å². The first kappa shape index (κ1) is 20.1. The first-order valence-electron chi connectivity index (χ1n) is 6.98. The van der Waals surface area contributed by atoms with Gasteiger partial charge in [-0.1, -0.05) is 26.3 Å². The van der Waals surface area contributed by atoms with Gasteiger partial charge in [-0.25, -0.2) is 8.78 Å². The molecule has 1 unspecified atom stereocenters. The lowest BCUT2D eigenvalue weighted by Gasteiger charge is -2.16. The Morgan fingerprint density at radius 2 is 2.00 bits per heavy atom. The van der Waals surface area contributed by atoms with Crippen LogP contribution in [0.15, 0.2) is 23.2 Å². The van der Waals surface area contributed by atoms with Gasteiger partial charge >= 0.3 is 0 Å². The van der Waals surface area contributed by atoms with Crippen LogP contribution in [0.5, 0.6) is 0 Å². The predicted octanol–water partition coefficient (Wildman–Crippen LogP) is 3.65. The molecule has 1 atom stereocenters. The summed E-state index contributed by atoms with van der Waals surface area (Å²) in [5.74, 6) is -0.426. The van der Waals surface area contributed by atoms with Crippen molar-refractivity contribution in [1.29, 1.82) is 0 Å². The smallest absolute Gasteiger partial charge is 0.190 e. The monoisotopic (exact) mass is 411 g/mol. The van der Waals surface area contributed by atoms with Crippen LogP contribution in [0, 0.1) is 11.6 Å². The second-order valence-corrected chi connectivity index (χ2v) is 4.80. The van der Waals surface area contributed by atoms with Crippen LogP contribution in [-0.2, 0) is 0 Å². The van der Waals surface area contributed by atoms with Gasteiger partial charge in [-0.05, 0) is 18.1 Å². The van der Waals surface area contributed by atoms with Crippen molar-refractivity contribution >= 4 is 29.9 Å². The van der Waals surface area contributed by atoms with Gasteiger partial charge in [-0.3, -0.25) is 4.99 Å². The number of benzene rings is 1. The highest BCUT2D eigenvalue weighted by molar-refractivity contribution is 14.0. The number of nitrogens with zero attached hydrogens (tertiary/aromatic N) is 1. The fraction of sp³-hybridized carbons (Fsp3) is 0.533. The van der Waals surface area contributed by atoms with E-state index in [4.69, 9.17) is 0 Å². The Hall–Kier alpha value is -0.920. The van der Waals surface area contributed by atoms with Crippen LogP contribution in [0.25, 0.3) is 0 Å². The van der Waals surface area contributed by atoms with Crippen molar-refractivity contribution in [2.45, 2.75) is 32.6 Å². The summed E-state index contributed by atoms with van der Waals surface area (Å²) >= 11 is 0. The van der Waals surface area contributed by atoms with E-state index in [0.717, 1.165) is 25.5 Å². The van der Waals surface area contributed by atoms with Gasteiger partial charge in [0, 0.05) is 32.1 Å². The number of guanidine groups is 1. The molecule has 1 rings (SSSR count). The third-order valence-electron chi connectivity index (χ3n) is 3.12. The van der Waals surface area contributed by atoms with Crippen LogP contribution in [0.1, 0.15) is 38.2 Å². The van der Waals surface area contributed by atoms with E-state index in [1.54, 1.807) is 7.05 Å². The Kier molecular flexibility index (Phi) is 10.3. The van der Waals surface area contributed by atoms with E-state index in [1.165, 1.54) is 12.1 Å². The fourth-order valence-electron chi connectivity index (χ4n) is 1.87. The van der Waals surface area contributed by atoms with Gasteiger partial charge in [0.25, 0.3) is 0 Å². The van der Waals surface area contributed by atoms with Crippen LogP contribution < -0.4 is 10.6 Å². The van der Waals surface area contributed by atoms with Gasteiger partial charge in [0.05, 0.1) is 0 Å². The number of unbranched alkanes of at least 4 members (excludes halogenated alkanes) is 1. The minimum atomic E-state index is -0.552. The van der Waals surface area contributed by atoms with Crippen molar-refractivity contribution in [2.75, 3.05) is 20.1 Å². The first-order chi connectivity index (χ1) is 9.58. The Bertz CT molecular complexity index is 453. The maximum atomic E-state index is 13.6. The molecule has 0 saturated heterocycles. The zero-order chi connectivity index (χ0) is 15.0. The summed E-state index contributed by atoms with van der Waals surface area (Å²) in [6.07, 6.45) is 2.18. The third kappa shape index (κ3) is 7.06. The quantitative estimate of drug-likeness (QED) is 0.325. The van der Waals surface area contributed by atoms with E-state index in [1.807, 2.05) is 6.92 Å². The van der Waals surface area contributed by atoms with Gasteiger partial charge < -0.3 is 10.6 Å². The van der Waals surface area contributed by atoms with Crippen molar-refractivity contribution < 1.29 is 8.78 Å². The molecule has 21 heavy (non-hydrogen) atoms. The zero-order valence-electron chi connectivity index (χ0n) is 12.7. The number of halogens is 3. The average molecular weight is 411 g/mol. The summed E-state index contributed by atoms with van der Waals surface area (Å²) in [6, 6.07) is 3.69. The summed E-state index contributed by atoms with van der Waals surface area (Å²) in [7, 11) is 1.70. The molecule has 0 radical (unpaired) electrons. The lowest BCUT2D eigenvalue weighted by molar-refractivity contribution is 0.555. The van der Waals surface area contributed by atoms with E-state index in [2.05, 4.69) is 22.5 Å². The predicted molar refractivity (Wildman–Crippen MR) is 94.5 cm³/mol. The first-order valence-corrected chi connectivity index (χ1v) is 6.98. The van der Waals surface area contributed by atoms with Crippen LogP contribution in [-0.4, -0.2) is 26.1 Å². The Balaban J connectivity index is 0.00000400. The van der Waals surface area contributed by atoms with Crippen molar-refractivity contribution in [3.05, 3.63) is 35.4 Å². The average Bonchev–Trinajstić information content (AvgIpc) is 2.42. The standard InChI is InChI=1S/C15H23F2N3.HI/c1-4-5-8-19-15(18-3)20-10-11(2)13-7-6-12(16)9-14(13)17;/h6-7,9,11H,4-5,8,10H2,1-3H3,(H2,18,19,20);1H. The van der Waals surface area contributed by atoms with Crippen LogP contribution in [0.2, 0.25) is 0 Å². The molecule has 0 spiro atoms. The van der Waals surface area contributed by atoms with Crippen LogP contribution in [0.4, 0.5) is 8.78 Å². The molecule has 3 nitrogen and oxygen atoms in total. The minimum Gasteiger partial charge on any atom is -0.356 e. The zero-order valence-corrected chi connectivity index (χ0v) is 15.1. The number of rotatable bonds is 6. The second kappa shape index (κ2) is 10.8. The summed E-state index contributed by atoms with van der Waals surface area (Å²) in [6.45, 7) is 5.41. The van der Waals surface area contributed by atoms with Gasteiger partial charge in [0.15, 0.2) is 5.96 Å². The summed E-state index contributed by atoms with van der Waals surface area (Å²) in [4.78, 5) is 4.10. The van der Waals surface area contributed by atoms with E-state index >= 15 is 0 Å².